The molecule has 1 fully saturated rings. The predicted molar refractivity (Wildman–Crippen MR) is 121 cm³/mol. The summed E-state index contributed by atoms with van der Waals surface area (Å²) in [5.41, 5.74) is 4.48. The van der Waals surface area contributed by atoms with Gasteiger partial charge in [0.05, 0.1) is 6.04 Å². The fourth-order valence-electron chi connectivity index (χ4n) is 3.52. The van der Waals surface area contributed by atoms with E-state index in [1.54, 1.807) is 0 Å². The van der Waals surface area contributed by atoms with Gasteiger partial charge in [-0.05, 0) is 80.2 Å². The number of thiocarbonyl (C=S) groups is 1. The van der Waals surface area contributed by atoms with Crippen LogP contribution in [0.2, 0.25) is 5.02 Å². The van der Waals surface area contributed by atoms with Crippen molar-refractivity contribution in [2.24, 2.45) is 5.92 Å². The van der Waals surface area contributed by atoms with Gasteiger partial charge in [0.1, 0.15) is 0 Å². The molecule has 0 saturated carbocycles. The first-order chi connectivity index (χ1) is 12.9. The first-order valence-corrected chi connectivity index (χ1v) is 10.4. The highest BCUT2D eigenvalue weighted by molar-refractivity contribution is 7.80. The summed E-state index contributed by atoms with van der Waals surface area (Å²) in [6, 6.07) is 14.8. The van der Waals surface area contributed by atoms with Crippen LogP contribution in [-0.4, -0.2) is 18.2 Å². The first-order valence-electron chi connectivity index (χ1n) is 9.61. The van der Waals surface area contributed by atoms with Crippen LogP contribution in [0.5, 0.6) is 0 Å². The van der Waals surface area contributed by atoms with Crippen molar-refractivity contribution in [2.75, 3.05) is 23.3 Å². The lowest BCUT2D eigenvalue weighted by Gasteiger charge is -2.33. The lowest BCUT2D eigenvalue weighted by molar-refractivity contribution is 0.447. The van der Waals surface area contributed by atoms with Crippen molar-refractivity contribution in [3.63, 3.8) is 0 Å². The molecule has 144 valence electrons. The van der Waals surface area contributed by atoms with Gasteiger partial charge in [0.25, 0.3) is 0 Å². The lowest BCUT2D eigenvalue weighted by Crippen LogP contribution is -2.34. The molecule has 0 spiro atoms. The number of benzene rings is 2. The molecule has 0 radical (unpaired) electrons. The second-order valence-electron chi connectivity index (χ2n) is 7.57. The second kappa shape index (κ2) is 8.94. The van der Waals surface area contributed by atoms with E-state index in [1.165, 1.54) is 24.1 Å². The summed E-state index contributed by atoms with van der Waals surface area (Å²) >= 11 is 11.6. The molecule has 0 aliphatic carbocycles. The number of aryl methyl sites for hydroxylation is 1. The summed E-state index contributed by atoms with van der Waals surface area (Å²) in [5.74, 6) is 0.776. The van der Waals surface area contributed by atoms with Crippen molar-refractivity contribution in [1.82, 2.24) is 5.32 Å². The largest absolute Gasteiger partial charge is 0.371 e. The van der Waals surface area contributed by atoms with Crippen molar-refractivity contribution >= 4 is 40.3 Å². The number of nitrogens with one attached hydrogen (secondary N) is 2. The molecule has 0 amide bonds. The van der Waals surface area contributed by atoms with E-state index in [4.69, 9.17) is 23.8 Å². The fourth-order valence-corrected chi connectivity index (χ4v) is 3.99. The third kappa shape index (κ3) is 5.36. The van der Waals surface area contributed by atoms with Crippen molar-refractivity contribution < 1.29 is 0 Å². The van der Waals surface area contributed by atoms with Crippen LogP contribution in [0.15, 0.2) is 42.5 Å². The number of rotatable bonds is 4. The van der Waals surface area contributed by atoms with Crippen LogP contribution in [0.25, 0.3) is 0 Å². The Morgan fingerprint density at radius 3 is 2.63 bits per heavy atom. The molecule has 5 heteroatoms. The molecule has 27 heavy (non-hydrogen) atoms. The second-order valence-corrected chi connectivity index (χ2v) is 8.38. The molecule has 0 bridgehead atoms. The molecule has 1 aliphatic rings. The number of nitrogens with zero attached hydrogens (tertiary/aromatic N) is 1. The summed E-state index contributed by atoms with van der Waals surface area (Å²) in [4.78, 5) is 2.49. The Hall–Kier alpha value is -1.78. The van der Waals surface area contributed by atoms with E-state index >= 15 is 0 Å². The normalized spacial score (nSPS) is 18.1. The Balaban J connectivity index is 1.57. The molecule has 2 atom stereocenters. The molecule has 3 nitrogen and oxygen atoms in total. The molecule has 2 aromatic rings. The Bertz CT molecular complexity index is 791. The van der Waals surface area contributed by atoms with E-state index in [1.807, 2.05) is 25.1 Å². The van der Waals surface area contributed by atoms with Gasteiger partial charge in [-0.25, -0.2) is 0 Å². The Morgan fingerprint density at radius 2 is 1.96 bits per heavy atom. The summed E-state index contributed by atoms with van der Waals surface area (Å²) < 4.78 is 0. The molecule has 0 unspecified atom stereocenters. The van der Waals surface area contributed by atoms with Gasteiger partial charge in [-0.3, -0.25) is 0 Å². The fraction of sp³-hybridized carbons (Fsp3) is 0.409. The van der Waals surface area contributed by atoms with Crippen LogP contribution in [0.3, 0.4) is 0 Å². The van der Waals surface area contributed by atoms with Gasteiger partial charge in [0.15, 0.2) is 5.11 Å². The minimum absolute atomic E-state index is 0.125. The molecule has 3 rings (SSSR count). The smallest absolute Gasteiger partial charge is 0.171 e. The first kappa shape index (κ1) is 20.0. The van der Waals surface area contributed by atoms with Gasteiger partial charge in [-0.1, -0.05) is 36.7 Å². The van der Waals surface area contributed by atoms with Crippen LogP contribution in [0.4, 0.5) is 11.4 Å². The van der Waals surface area contributed by atoms with E-state index in [9.17, 15) is 0 Å². The van der Waals surface area contributed by atoms with E-state index in [2.05, 4.69) is 53.6 Å². The maximum Gasteiger partial charge on any atom is 0.171 e. The Morgan fingerprint density at radius 1 is 1.22 bits per heavy atom. The van der Waals surface area contributed by atoms with Crippen molar-refractivity contribution in [2.45, 2.75) is 39.7 Å². The Labute approximate surface area is 173 Å². The third-order valence-electron chi connectivity index (χ3n) is 5.19. The highest BCUT2D eigenvalue weighted by Crippen LogP contribution is 2.25. The number of anilines is 2. The highest BCUT2D eigenvalue weighted by atomic mass is 35.5. The van der Waals surface area contributed by atoms with Crippen molar-refractivity contribution in [3.8, 4) is 0 Å². The molecule has 1 aliphatic heterocycles. The molecular formula is C22H28ClN3S. The minimum Gasteiger partial charge on any atom is -0.371 e. The van der Waals surface area contributed by atoms with Gasteiger partial charge >= 0.3 is 0 Å². The Kier molecular flexibility index (Phi) is 6.61. The zero-order valence-corrected chi connectivity index (χ0v) is 17.8. The zero-order valence-electron chi connectivity index (χ0n) is 16.3. The monoisotopic (exact) mass is 401 g/mol. The minimum atomic E-state index is 0.125. The topological polar surface area (TPSA) is 27.3 Å². The van der Waals surface area contributed by atoms with Gasteiger partial charge in [0.2, 0.25) is 0 Å². The maximum atomic E-state index is 6.18. The SMILES string of the molecule is Cc1ccc(NC(=S)N[C@@H](C)c2ccc(N3CCC[C@H](C)C3)cc2)cc1Cl. The average Bonchev–Trinajstić information content (AvgIpc) is 2.65. The summed E-state index contributed by atoms with van der Waals surface area (Å²) in [6.45, 7) is 8.75. The van der Waals surface area contributed by atoms with Crippen molar-refractivity contribution in [1.29, 1.82) is 0 Å². The van der Waals surface area contributed by atoms with Crippen LogP contribution in [0, 0.1) is 12.8 Å². The predicted octanol–water partition coefficient (Wildman–Crippen LogP) is 5.93. The molecule has 2 aromatic carbocycles. The number of hydrogen-bond donors (Lipinski definition) is 2. The van der Waals surface area contributed by atoms with Gasteiger partial charge in [-0.2, -0.15) is 0 Å². The van der Waals surface area contributed by atoms with Crippen LogP contribution < -0.4 is 15.5 Å². The van der Waals surface area contributed by atoms with E-state index in [0.29, 0.717) is 5.11 Å². The van der Waals surface area contributed by atoms with E-state index in [-0.39, 0.29) is 6.04 Å². The van der Waals surface area contributed by atoms with E-state index in [0.717, 1.165) is 35.3 Å². The summed E-state index contributed by atoms with van der Waals surface area (Å²) in [6.07, 6.45) is 2.62. The lowest BCUT2D eigenvalue weighted by atomic mass is 9.99. The van der Waals surface area contributed by atoms with Gasteiger partial charge in [0, 0.05) is 29.5 Å². The molecule has 2 N–H and O–H groups in total. The van der Waals surface area contributed by atoms with Gasteiger partial charge < -0.3 is 15.5 Å². The molecule has 0 aromatic heterocycles. The highest BCUT2D eigenvalue weighted by Gasteiger charge is 2.17. The number of piperidine rings is 1. The van der Waals surface area contributed by atoms with E-state index < -0.39 is 0 Å². The molecule has 1 saturated heterocycles. The molecule has 1 heterocycles. The van der Waals surface area contributed by atoms with Crippen LogP contribution in [-0.2, 0) is 0 Å². The molecular weight excluding hydrogens is 374 g/mol. The van der Waals surface area contributed by atoms with Crippen LogP contribution >= 0.6 is 23.8 Å². The standard InChI is InChI=1S/C22H28ClN3S/c1-15-5-4-12-26(14-15)20-10-7-18(8-11-20)17(3)24-22(27)25-19-9-6-16(2)21(23)13-19/h6-11,13,15,17H,4-5,12,14H2,1-3H3,(H2,24,25,27)/t15-,17-/m0/s1. The van der Waals surface area contributed by atoms with Crippen molar-refractivity contribution in [3.05, 3.63) is 58.6 Å². The third-order valence-corrected chi connectivity index (χ3v) is 5.82. The van der Waals surface area contributed by atoms with Gasteiger partial charge in [-0.15, -0.1) is 0 Å². The quantitative estimate of drug-likeness (QED) is 0.620. The number of hydrogen-bond acceptors (Lipinski definition) is 2. The summed E-state index contributed by atoms with van der Waals surface area (Å²) in [5, 5.41) is 7.88. The zero-order chi connectivity index (χ0) is 19.4. The maximum absolute atomic E-state index is 6.18. The summed E-state index contributed by atoms with van der Waals surface area (Å²) in [7, 11) is 0. The average molecular weight is 402 g/mol. The number of halogens is 1. The van der Waals surface area contributed by atoms with Crippen LogP contribution in [0.1, 0.15) is 43.9 Å².